The zero-order valence-corrected chi connectivity index (χ0v) is 13.2. The van der Waals surface area contributed by atoms with Gasteiger partial charge in [-0.2, -0.15) is 0 Å². The standard InChI is InChI=1S/C13H22N2S2/c1-7-9(3)16-11(14-7)13(5,6)12-15-8(2)10(4)17-12/h7-10H,1-6H3. The monoisotopic (exact) mass is 270 g/mol. The van der Waals surface area contributed by atoms with Gasteiger partial charge in [-0.05, 0) is 27.7 Å². The lowest BCUT2D eigenvalue weighted by atomic mass is 9.96. The van der Waals surface area contributed by atoms with Gasteiger partial charge in [0.05, 0.1) is 27.6 Å². The van der Waals surface area contributed by atoms with Crippen LogP contribution in [-0.4, -0.2) is 32.7 Å². The summed E-state index contributed by atoms with van der Waals surface area (Å²) in [4.78, 5) is 9.64. The minimum atomic E-state index is 0.00731. The maximum Gasteiger partial charge on any atom is 0.0804 e. The van der Waals surface area contributed by atoms with Crippen molar-refractivity contribution in [2.45, 2.75) is 64.1 Å². The molecule has 0 amide bonds. The van der Waals surface area contributed by atoms with Gasteiger partial charge in [0.15, 0.2) is 0 Å². The van der Waals surface area contributed by atoms with E-state index in [2.05, 4.69) is 41.5 Å². The van der Waals surface area contributed by atoms with E-state index >= 15 is 0 Å². The lowest BCUT2D eigenvalue weighted by Gasteiger charge is -2.24. The van der Waals surface area contributed by atoms with Gasteiger partial charge < -0.3 is 0 Å². The molecule has 17 heavy (non-hydrogen) atoms. The summed E-state index contributed by atoms with van der Waals surface area (Å²) in [5.41, 5.74) is 0.00731. The molecule has 0 radical (unpaired) electrons. The van der Waals surface area contributed by atoms with Gasteiger partial charge in [-0.3, -0.25) is 9.98 Å². The molecule has 0 saturated carbocycles. The average molecular weight is 270 g/mol. The van der Waals surface area contributed by atoms with Gasteiger partial charge in [-0.25, -0.2) is 0 Å². The summed E-state index contributed by atoms with van der Waals surface area (Å²) >= 11 is 3.85. The van der Waals surface area contributed by atoms with Crippen LogP contribution in [0, 0.1) is 5.41 Å². The second kappa shape index (κ2) is 4.61. The molecule has 0 fully saturated rings. The third kappa shape index (κ3) is 2.43. The summed E-state index contributed by atoms with van der Waals surface area (Å²) in [6.07, 6.45) is 0. The molecule has 4 atom stereocenters. The lowest BCUT2D eigenvalue weighted by Crippen LogP contribution is -2.28. The molecule has 0 spiro atoms. The fraction of sp³-hybridized carbons (Fsp3) is 0.846. The molecule has 0 aromatic heterocycles. The van der Waals surface area contributed by atoms with E-state index in [1.54, 1.807) is 0 Å². The van der Waals surface area contributed by atoms with Crippen molar-refractivity contribution < 1.29 is 0 Å². The van der Waals surface area contributed by atoms with Crippen molar-refractivity contribution in [3.63, 3.8) is 0 Å². The van der Waals surface area contributed by atoms with Crippen LogP contribution in [0.25, 0.3) is 0 Å². The van der Waals surface area contributed by atoms with E-state index in [1.165, 1.54) is 10.1 Å². The zero-order chi connectivity index (χ0) is 12.8. The maximum atomic E-state index is 4.82. The molecule has 96 valence electrons. The first-order chi connectivity index (χ1) is 7.82. The summed E-state index contributed by atoms with van der Waals surface area (Å²) < 4.78 is 0. The predicted molar refractivity (Wildman–Crippen MR) is 81.7 cm³/mol. The van der Waals surface area contributed by atoms with Crippen LogP contribution in [0.15, 0.2) is 9.98 Å². The van der Waals surface area contributed by atoms with Gasteiger partial charge in [0.1, 0.15) is 0 Å². The van der Waals surface area contributed by atoms with Crippen molar-refractivity contribution in [2.24, 2.45) is 15.4 Å². The van der Waals surface area contributed by atoms with Gasteiger partial charge in [-0.1, -0.05) is 13.8 Å². The van der Waals surface area contributed by atoms with Gasteiger partial charge in [0.2, 0.25) is 0 Å². The first-order valence-corrected chi connectivity index (χ1v) is 8.08. The Kier molecular flexibility index (Phi) is 3.66. The number of rotatable bonds is 2. The van der Waals surface area contributed by atoms with Crippen LogP contribution in [0.3, 0.4) is 0 Å². The third-order valence-electron chi connectivity index (χ3n) is 3.66. The topological polar surface area (TPSA) is 24.7 Å². The minimum absolute atomic E-state index is 0.00731. The summed E-state index contributed by atoms with van der Waals surface area (Å²) in [5.74, 6) is 0. The summed E-state index contributed by atoms with van der Waals surface area (Å²) in [6, 6.07) is 0.882. The van der Waals surface area contributed by atoms with E-state index in [0.29, 0.717) is 22.6 Å². The highest BCUT2D eigenvalue weighted by atomic mass is 32.2. The molecule has 2 heterocycles. The molecule has 0 aromatic carbocycles. The first kappa shape index (κ1) is 13.5. The van der Waals surface area contributed by atoms with Crippen molar-refractivity contribution in [3.8, 4) is 0 Å². The van der Waals surface area contributed by atoms with Crippen LogP contribution in [0.5, 0.6) is 0 Å². The van der Waals surface area contributed by atoms with Crippen LogP contribution < -0.4 is 0 Å². The van der Waals surface area contributed by atoms with Gasteiger partial charge in [-0.15, -0.1) is 23.5 Å². The summed E-state index contributed by atoms with van der Waals surface area (Å²) in [7, 11) is 0. The van der Waals surface area contributed by atoms with E-state index in [1.807, 2.05) is 23.5 Å². The third-order valence-corrected chi connectivity index (χ3v) is 6.87. The molecule has 2 nitrogen and oxygen atoms in total. The van der Waals surface area contributed by atoms with E-state index in [-0.39, 0.29) is 5.41 Å². The molecule has 0 saturated heterocycles. The maximum absolute atomic E-state index is 4.82. The first-order valence-electron chi connectivity index (χ1n) is 6.32. The minimum Gasteiger partial charge on any atom is -0.278 e. The van der Waals surface area contributed by atoms with Crippen molar-refractivity contribution in [2.75, 3.05) is 0 Å². The van der Waals surface area contributed by atoms with Crippen LogP contribution in [-0.2, 0) is 0 Å². The van der Waals surface area contributed by atoms with Crippen molar-refractivity contribution in [3.05, 3.63) is 0 Å². The van der Waals surface area contributed by atoms with E-state index in [9.17, 15) is 0 Å². The Bertz CT molecular complexity index is 340. The second-order valence-corrected chi connectivity index (χ2v) is 8.35. The van der Waals surface area contributed by atoms with E-state index in [0.717, 1.165) is 0 Å². The average Bonchev–Trinajstić information content (AvgIpc) is 2.74. The second-order valence-electron chi connectivity index (χ2n) is 5.62. The molecular formula is C13H22N2S2. The summed E-state index contributed by atoms with van der Waals surface area (Å²) in [6.45, 7) is 13.5. The number of aliphatic imine (C=N–C) groups is 2. The Labute approximate surface area is 113 Å². The van der Waals surface area contributed by atoms with Crippen molar-refractivity contribution >= 4 is 33.6 Å². The van der Waals surface area contributed by atoms with Crippen LogP contribution in [0.4, 0.5) is 0 Å². The molecule has 2 aliphatic heterocycles. The lowest BCUT2D eigenvalue weighted by molar-refractivity contribution is 0.703. The Hall–Kier alpha value is 0.0400. The Morgan fingerprint density at radius 1 is 0.824 bits per heavy atom. The van der Waals surface area contributed by atoms with Crippen molar-refractivity contribution in [1.82, 2.24) is 0 Å². The van der Waals surface area contributed by atoms with Gasteiger partial charge in [0, 0.05) is 10.5 Å². The number of thioether (sulfide) groups is 2. The number of hydrogen-bond donors (Lipinski definition) is 0. The van der Waals surface area contributed by atoms with Gasteiger partial charge >= 0.3 is 0 Å². The molecule has 0 aromatic rings. The highest BCUT2D eigenvalue weighted by Gasteiger charge is 2.40. The largest absolute Gasteiger partial charge is 0.278 e. The molecule has 4 unspecified atom stereocenters. The summed E-state index contributed by atoms with van der Waals surface area (Å²) in [5, 5.41) is 3.74. The van der Waals surface area contributed by atoms with Crippen molar-refractivity contribution in [1.29, 1.82) is 0 Å². The number of hydrogen-bond acceptors (Lipinski definition) is 4. The van der Waals surface area contributed by atoms with Gasteiger partial charge in [0.25, 0.3) is 0 Å². The Morgan fingerprint density at radius 2 is 1.18 bits per heavy atom. The fourth-order valence-corrected chi connectivity index (χ4v) is 4.42. The zero-order valence-electron chi connectivity index (χ0n) is 11.5. The van der Waals surface area contributed by atoms with Crippen LogP contribution in [0.1, 0.15) is 41.5 Å². The molecule has 2 aliphatic rings. The van der Waals surface area contributed by atoms with Crippen LogP contribution >= 0.6 is 23.5 Å². The van der Waals surface area contributed by atoms with E-state index in [4.69, 9.17) is 9.98 Å². The molecule has 0 aliphatic carbocycles. The normalized spacial score (nSPS) is 38.2. The fourth-order valence-electron chi connectivity index (χ4n) is 1.90. The molecule has 4 heteroatoms. The Balaban J connectivity index is 2.21. The molecule has 0 N–H and O–H groups in total. The SMILES string of the molecule is CC1N=C(C(C)(C)C2=NC(C)C(C)S2)SC1C. The Morgan fingerprint density at radius 3 is 1.41 bits per heavy atom. The highest BCUT2D eigenvalue weighted by molar-refractivity contribution is 8.17. The molecular weight excluding hydrogens is 248 g/mol. The number of nitrogens with zero attached hydrogens (tertiary/aromatic N) is 2. The highest BCUT2D eigenvalue weighted by Crippen LogP contribution is 2.43. The smallest absolute Gasteiger partial charge is 0.0804 e. The van der Waals surface area contributed by atoms with E-state index < -0.39 is 0 Å². The molecule has 0 bridgehead atoms. The van der Waals surface area contributed by atoms with Crippen LogP contribution in [0.2, 0.25) is 0 Å². The molecule has 2 rings (SSSR count). The quantitative estimate of drug-likeness (QED) is 0.761. The predicted octanol–water partition coefficient (Wildman–Crippen LogP) is 3.86.